The number of carbonyl (C=O) groups excluding carboxylic acids is 1. The Bertz CT molecular complexity index is 939. The zero-order valence-electron chi connectivity index (χ0n) is 15.1. The fraction of sp³-hybridized carbons (Fsp3) is 0.400. The zero-order chi connectivity index (χ0) is 18.1. The molecule has 1 N–H and O–H groups in total. The van der Waals surface area contributed by atoms with E-state index in [4.69, 9.17) is 9.15 Å². The molecule has 1 amide bonds. The molecule has 6 nitrogen and oxygen atoms in total. The molecule has 0 atom stereocenters. The predicted octanol–water partition coefficient (Wildman–Crippen LogP) is 4.11. The normalized spacial score (nSPS) is 13.8. The van der Waals surface area contributed by atoms with Crippen LogP contribution in [0.4, 0.5) is 5.82 Å². The van der Waals surface area contributed by atoms with Gasteiger partial charge in [0.2, 0.25) is 0 Å². The molecule has 0 unspecified atom stereocenters. The summed E-state index contributed by atoms with van der Waals surface area (Å²) in [6.07, 6.45) is 6.10. The van der Waals surface area contributed by atoms with Crippen LogP contribution >= 0.6 is 0 Å². The van der Waals surface area contributed by atoms with Crippen LogP contribution < -0.4 is 10.1 Å². The Kier molecular flexibility index (Phi) is 4.41. The van der Waals surface area contributed by atoms with Gasteiger partial charge in [0.25, 0.3) is 5.91 Å². The molecule has 2 heterocycles. The third-order valence-corrected chi connectivity index (χ3v) is 4.72. The van der Waals surface area contributed by atoms with Gasteiger partial charge in [-0.25, -0.2) is 4.68 Å². The Morgan fingerprint density at radius 2 is 2.15 bits per heavy atom. The molecule has 26 heavy (non-hydrogen) atoms. The molecule has 136 valence electrons. The van der Waals surface area contributed by atoms with Crippen molar-refractivity contribution in [1.82, 2.24) is 9.78 Å². The van der Waals surface area contributed by atoms with Crippen molar-refractivity contribution in [1.29, 1.82) is 0 Å². The van der Waals surface area contributed by atoms with Crippen molar-refractivity contribution in [3.05, 3.63) is 41.8 Å². The molecule has 0 fully saturated rings. The fourth-order valence-corrected chi connectivity index (χ4v) is 3.48. The van der Waals surface area contributed by atoms with Crippen molar-refractivity contribution >= 4 is 22.7 Å². The van der Waals surface area contributed by atoms with E-state index in [1.807, 2.05) is 32.0 Å². The summed E-state index contributed by atoms with van der Waals surface area (Å²) in [6, 6.07) is 7.71. The molecule has 4 rings (SSSR count). The van der Waals surface area contributed by atoms with E-state index in [0.717, 1.165) is 29.6 Å². The third-order valence-electron chi connectivity index (χ3n) is 4.72. The molecule has 1 aliphatic carbocycles. The minimum atomic E-state index is -0.207. The number of nitrogens with one attached hydrogen (secondary N) is 1. The lowest BCUT2D eigenvalue weighted by Gasteiger charge is -2.12. The molecule has 2 aromatic heterocycles. The predicted molar refractivity (Wildman–Crippen MR) is 99.6 cm³/mol. The Labute approximate surface area is 152 Å². The topological polar surface area (TPSA) is 69.3 Å². The van der Waals surface area contributed by atoms with Crippen LogP contribution in [-0.4, -0.2) is 22.3 Å². The van der Waals surface area contributed by atoms with Crippen molar-refractivity contribution in [3.8, 4) is 5.75 Å². The smallest absolute Gasteiger partial charge is 0.263 e. The van der Waals surface area contributed by atoms with E-state index < -0.39 is 0 Å². The highest BCUT2D eigenvalue weighted by Crippen LogP contribution is 2.33. The molecule has 0 radical (unpaired) electrons. The Morgan fingerprint density at radius 3 is 3.00 bits per heavy atom. The van der Waals surface area contributed by atoms with Crippen molar-refractivity contribution in [3.63, 3.8) is 0 Å². The van der Waals surface area contributed by atoms with Gasteiger partial charge in [-0.1, -0.05) is 0 Å². The molecular weight excluding hydrogens is 330 g/mol. The minimum Gasteiger partial charge on any atom is -0.484 e. The van der Waals surface area contributed by atoms with Crippen LogP contribution in [-0.2, 0) is 17.6 Å². The largest absolute Gasteiger partial charge is 0.484 e. The number of nitrogens with zero attached hydrogens (tertiary/aromatic N) is 2. The SMILES string of the molecule is CC(C)n1nccc1NC(=O)COc1ccc2oc3c(c2c1)CCCC3. The first-order valence-corrected chi connectivity index (χ1v) is 9.12. The number of hydrogen-bond acceptors (Lipinski definition) is 4. The molecule has 0 saturated heterocycles. The summed E-state index contributed by atoms with van der Waals surface area (Å²) < 4.78 is 13.4. The second-order valence-electron chi connectivity index (χ2n) is 6.96. The maximum absolute atomic E-state index is 12.2. The number of amides is 1. The van der Waals surface area contributed by atoms with Gasteiger partial charge in [-0.15, -0.1) is 0 Å². The monoisotopic (exact) mass is 353 g/mol. The second kappa shape index (κ2) is 6.86. The number of aromatic nitrogens is 2. The van der Waals surface area contributed by atoms with E-state index in [1.54, 1.807) is 16.9 Å². The van der Waals surface area contributed by atoms with E-state index in [-0.39, 0.29) is 18.6 Å². The highest BCUT2D eigenvalue weighted by Gasteiger charge is 2.18. The number of furan rings is 1. The van der Waals surface area contributed by atoms with Gasteiger partial charge >= 0.3 is 0 Å². The number of benzene rings is 1. The number of aryl methyl sites for hydroxylation is 2. The average molecular weight is 353 g/mol. The van der Waals surface area contributed by atoms with Crippen LogP contribution in [0.1, 0.15) is 44.1 Å². The molecular formula is C20H23N3O3. The Balaban J connectivity index is 1.44. The summed E-state index contributed by atoms with van der Waals surface area (Å²) in [7, 11) is 0. The Hall–Kier alpha value is -2.76. The number of ether oxygens (including phenoxy) is 1. The standard InChI is InChI=1S/C20H23N3O3/c1-13(2)23-19(9-10-21-23)22-20(24)12-25-14-7-8-18-16(11-14)15-5-3-4-6-17(15)26-18/h7-11,13H,3-6,12H2,1-2H3,(H,22,24). The molecule has 0 bridgehead atoms. The number of fused-ring (bicyclic) bond motifs is 3. The summed E-state index contributed by atoms with van der Waals surface area (Å²) in [6.45, 7) is 3.98. The number of rotatable bonds is 5. The maximum atomic E-state index is 12.2. The first-order chi connectivity index (χ1) is 12.6. The van der Waals surface area contributed by atoms with Crippen LogP contribution in [0.5, 0.6) is 5.75 Å². The van der Waals surface area contributed by atoms with Crippen molar-refractivity contribution in [2.45, 2.75) is 45.6 Å². The van der Waals surface area contributed by atoms with Gasteiger partial charge in [0.15, 0.2) is 6.61 Å². The van der Waals surface area contributed by atoms with Gasteiger partial charge in [-0.2, -0.15) is 5.10 Å². The van der Waals surface area contributed by atoms with Gasteiger partial charge in [0.05, 0.1) is 6.20 Å². The van der Waals surface area contributed by atoms with Gasteiger partial charge in [-0.05, 0) is 51.3 Å². The molecule has 6 heteroatoms. The van der Waals surface area contributed by atoms with Gasteiger partial charge in [0, 0.05) is 29.5 Å². The minimum absolute atomic E-state index is 0.0468. The lowest BCUT2D eigenvalue weighted by molar-refractivity contribution is -0.118. The number of carbonyl (C=O) groups is 1. The fourth-order valence-electron chi connectivity index (χ4n) is 3.48. The van der Waals surface area contributed by atoms with Crippen LogP contribution in [0.15, 0.2) is 34.9 Å². The summed E-state index contributed by atoms with van der Waals surface area (Å²) in [5, 5.41) is 8.16. The van der Waals surface area contributed by atoms with Crippen molar-refractivity contribution < 1.29 is 13.9 Å². The van der Waals surface area contributed by atoms with E-state index >= 15 is 0 Å². The number of hydrogen-bond donors (Lipinski definition) is 1. The molecule has 0 spiro atoms. The Morgan fingerprint density at radius 1 is 1.31 bits per heavy atom. The van der Waals surface area contributed by atoms with Gasteiger partial charge in [-0.3, -0.25) is 4.79 Å². The van der Waals surface area contributed by atoms with Crippen LogP contribution in [0.2, 0.25) is 0 Å². The van der Waals surface area contributed by atoms with Crippen LogP contribution in [0.25, 0.3) is 11.0 Å². The average Bonchev–Trinajstić information content (AvgIpc) is 3.24. The van der Waals surface area contributed by atoms with Crippen LogP contribution in [0.3, 0.4) is 0 Å². The molecule has 1 aliphatic rings. The quantitative estimate of drug-likeness (QED) is 0.749. The van der Waals surface area contributed by atoms with Gasteiger partial charge < -0.3 is 14.5 Å². The zero-order valence-corrected chi connectivity index (χ0v) is 15.1. The number of anilines is 1. The van der Waals surface area contributed by atoms with E-state index in [1.165, 1.54) is 18.4 Å². The summed E-state index contributed by atoms with van der Waals surface area (Å²) in [4.78, 5) is 12.2. The maximum Gasteiger partial charge on any atom is 0.263 e. The molecule has 0 aliphatic heterocycles. The highest BCUT2D eigenvalue weighted by molar-refractivity contribution is 5.91. The van der Waals surface area contributed by atoms with Crippen molar-refractivity contribution in [2.75, 3.05) is 11.9 Å². The lowest BCUT2D eigenvalue weighted by Crippen LogP contribution is -2.22. The van der Waals surface area contributed by atoms with E-state index in [0.29, 0.717) is 11.6 Å². The summed E-state index contributed by atoms with van der Waals surface area (Å²) in [5.41, 5.74) is 2.19. The molecule has 1 aromatic carbocycles. The molecule has 0 saturated carbocycles. The van der Waals surface area contributed by atoms with E-state index in [2.05, 4.69) is 10.4 Å². The second-order valence-corrected chi connectivity index (χ2v) is 6.96. The first-order valence-electron chi connectivity index (χ1n) is 9.12. The first kappa shape index (κ1) is 16.7. The third kappa shape index (κ3) is 3.19. The van der Waals surface area contributed by atoms with E-state index in [9.17, 15) is 4.79 Å². The van der Waals surface area contributed by atoms with Crippen molar-refractivity contribution in [2.24, 2.45) is 0 Å². The van der Waals surface area contributed by atoms with Crippen LogP contribution in [0, 0.1) is 0 Å². The molecule has 3 aromatic rings. The summed E-state index contributed by atoms with van der Waals surface area (Å²) >= 11 is 0. The lowest BCUT2D eigenvalue weighted by atomic mass is 9.96. The summed E-state index contributed by atoms with van der Waals surface area (Å²) in [5.74, 6) is 2.25. The van der Waals surface area contributed by atoms with Gasteiger partial charge in [0.1, 0.15) is 22.9 Å². The highest BCUT2D eigenvalue weighted by atomic mass is 16.5.